The monoisotopic (exact) mass is 322 g/mol. The van der Waals surface area contributed by atoms with Gasteiger partial charge in [0.1, 0.15) is 0 Å². The quantitative estimate of drug-likeness (QED) is 0.425. The molecule has 2 aliphatic rings. The predicted octanol–water partition coefficient (Wildman–Crippen LogP) is 4.33. The van der Waals surface area contributed by atoms with E-state index in [2.05, 4.69) is 22.6 Å². The molecule has 0 heterocycles. The van der Waals surface area contributed by atoms with Crippen LogP contribution in [0.5, 0.6) is 0 Å². The van der Waals surface area contributed by atoms with Crippen LogP contribution in [-0.4, -0.2) is 16.6 Å². The van der Waals surface area contributed by atoms with Crippen molar-refractivity contribution in [1.29, 1.82) is 0 Å². The Morgan fingerprint density at radius 2 is 1.67 bits per heavy atom. The van der Waals surface area contributed by atoms with Crippen molar-refractivity contribution in [3.8, 4) is 0 Å². The number of hydrogen-bond donors (Lipinski definition) is 0. The maximum Gasteiger partial charge on any atom is 0.0771 e. The lowest BCUT2D eigenvalue weighted by Gasteiger charge is -2.35. The molecule has 2 saturated carbocycles. The van der Waals surface area contributed by atoms with E-state index in [1.807, 2.05) is 0 Å². The summed E-state index contributed by atoms with van der Waals surface area (Å²) in [5, 5.41) is 0. The van der Waals surface area contributed by atoms with E-state index in [1.54, 1.807) is 0 Å². The van der Waals surface area contributed by atoms with Crippen molar-refractivity contribution in [3.63, 3.8) is 0 Å². The first-order valence-electron chi connectivity index (χ1n) is 6.55. The highest BCUT2D eigenvalue weighted by atomic mass is 127. The first-order valence-corrected chi connectivity index (χ1v) is 8.07. The Morgan fingerprint density at radius 1 is 1.00 bits per heavy atom. The van der Waals surface area contributed by atoms with Crippen LogP contribution in [0.3, 0.4) is 0 Å². The smallest absolute Gasteiger partial charge is 0.0771 e. The molecule has 0 radical (unpaired) electrons. The Kier molecular flexibility index (Phi) is 4.74. The largest absolute Gasteiger partial charge is 0.374 e. The number of rotatable bonds is 4. The fourth-order valence-electron chi connectivity index (χ4n) is 2.64. The van der Waals surface area contributed by atoms with Crippen LogP contribution in [0.15, 0.2) is 0 Å². The minimum absolute atomic E-state index is 0.257. The van der Waals surface area contributed by atoms with Crippen molar-refractivity contribution >= 4 is 22.6 Å². The van der Waals surface area contributed by atoms with Gasteiger partial charge in [-0.25, -0.2) is 0 Å². The van der Waals surface area contributed by atoms with Crippen LogP contribution in [0, 0.1) is 5.92 Å². The number of alkyl halides is 1. The summed E-state index contributed by atoms with van der Waals surface area (Å²) in [4.78, 5) is 0. The second kappa shape index (κ2) is 5.85. The summed E-state index contributed by atoms with van der Waals surface area (Å²) in [6.45, 7) is 1.04. The molecular formula is C13H23IO. The van der Waals surface area contributed by atoms with Gasteiger partial charge < -0.3 is 4.74 Å². The fourth-order valence-corrected chi connectivity index (χ4v) is 3.63. The van der Waals surface area contributed by atoms with Crippen LogP contribution in [0.25, 0.3) is 0 Å². The molecule has 0 aromatic rings. The van der Waals surface area contributed by atoms with E-state index in [-0.39, 0.29) is 5.60 Å². The van der Waals surface area contributed by atoms with Crippen molar-refractivity contribution in [2.75, 3.05) is 11.0 Å². The molecule has 2 fully saturated rings. The molecular weight excluding hydrogens is 299 g/mol. The Morgan fingerprint density at radius 3 is 2.13 bits per heavy atom. The molecule has 0 amide bonds. The molecule has 2 heteroatoms. The summed E-state index contributed by atoms with van der Waals surface area (Å²) in [6.07, 6.45) is 12.5. The topological polar surface area (TPSA) is 9.23 Å². The number of ether oxygens (including phenoxy) is 1. The van der Waals surface area contributed by atoms with Gasteiger partial charge in [0.05, 0.1) is 12.2 Å². The van der Waals surface area contributed by atoms with Crippen LogP contribution in [0.1, 0.15) is 57.8 Å². The summed E-state index contributed by atoms with van der Waals surface area (Å²) in [6, 6.07) is 0. The highest BCUT2D eigenvalue weighted by molar-refractivity contribution is 14.1. The Labute approximate surface area is 107 Å². The maximum absolute atomic E-state index is 6.30. The third kappa shape index (κ3) is 3.32. The summed E-state index contributed by atoms with van der Waals surface area (Å²) in [7, 11) is 0. The van der Waals surface area contributed by atoms with Gasteiger partial charge in [-0.3, -0.25) is 0 Å². The SMILES string of the molecule is ICC1(OCC2CCC2)CCCCCC1. The van der Waals surface area contributed by atoms with Crippen LogP contribution < -0.4 is 0 Å². The normalized spacial score (nSPS) is 27.0. The van der Waals surface area contributed by atoms with Gasteiger partial charge in [0.15, 0.2) is 0 Å². The molecule has 0 saturated heterocycles. The minimum Gasteiger partial charge on any atom is -0.374 e. The highest BCUT2D eigenvalue weighted by Gasteiger charge is 2.32. The van der Waals surface area contributed by atoms with Gasteiger partial charge in [0.2, 0.25) is 0 Å². The van der Waals surface area contributed by atoms with Crippen molar-refractivity contribution in [2.24, 2.45) is 5.92 Å². The Bertz CT molecular complexity index is 181. The van der Waals surface area contributed by atoms with Gasteiger partial charge in [-0.1, -0.05) is 54.7 Å². The summed E-state index contributed by atoms with van der Waals surface area (Å²) in [5.74, 6) is 0.896. The van der Waals surface area contributed by atoms with Gasteiger partial charge >= 0.3 is 0 Å². The molecule has 0 aromatic carbocycles. The van der Waals surface area contributed by atoms with E-state index in [4.69, 9.17) is 4.74 Å². The molecule has 1 nitrogen and oxygen atoms in total. The molecule has 88 valence electrons. The second-order valence-corrected chi connectivity index (χ2v) is 6.10. The average molecular weight is 322 g/mol. The van der Waals surface area contributed by atoms with Crippen LogP contribution in [-0.2, 0) is 4.74 Å². The summed E-state index contributed by atoms with van der Waals surface area (Å²) >= 11 is 2.53. The van der Waals surface area contributed by atoms with Crippen molar-refractivity contribution in [3.05, 3.63) is 0 Å². The molecule has 2 rings (SSSR count). The molecule has 0 bridgehead atoms. The van der Waals surface area contributed by atoms with Crippen LogP contribution in [0.2, 0.25) is 0 Å². The second-order valence-electron chi connectivity index (χ2n) is 5.34. The first kappa shape index (κ1) is 12.2. The van der Waals surface area contributed by atoms with Gasteiger partial charge in [0, 0.05) is 4.43 Å². The fraction of sp³-hybridized carbons (Fsp3) is 1.00. The van der Waals surface area contributed by atoms with E-state index in [1.165, 1.54) is 62.2 Å². The molecule has 0 N–H and O–H groups in total. The van der Waals surface area contributed by atoms with Gasteiger partial charge in [-0.15, -0.1) is 0 Å². The minimum atomic E-state index is 0.257. The molecule has 0 aromatic heterocycles. The summed E-state index contributed by atoms with van der Waals surface area (Å²) < 4.78 is 7.49. The van der Waals surface area contributed by atoms with E-state index in [0.717, 1.165) is 12.5 Å². The number of halogens is 1. The lowest BCUT2D eigenvalue weighted by molar-refractivity contribution is -0.0626. The highest BCUT2D eigenvalue weighted by Crippen LogP contribution is 2.35. The summed E-state index contributed by atoms with van der Waals surface area (Å²) in [5.41, 5.74) is 0.257. The van der Waals surface area contributed by atoms with E-state index >= 15 is 0 Å². The van der Waals surface area contributed by atoms with Crippen molar-refractivity contribution < 1.29 is 4.74 Å². The van der Waals surface area contributed by atoms with E-state index in [9.17, 15) is 0 Å². The van der Waals surface area contributed by atoms with E-state index < -0.39 is 0 Å². The van der Waals surface area contributed by atoms with Gasteiger partial charge in [0.25, 0.3) is 0 Å². The average Bonchev–Trinajstić information content (AvgIpc) is 2.42. The standard InChI is InChI=1S/C13H23IO/c14-11-13(8-3-1-2-4-9-13)15-10-12-6-5-7-12/h12H,1-11H2. The zero-order chi connectivity index (χ0) is 10.6. The third-order valence-corrected chi connectivity index (χ3v) is 5.50. The zero-order valence-electron chi connectivity index (χ0n) is 9.64. The molecule has 0 unspecified atom stereocenters. The molecule has 2 aliphatic carbocycles. The van der Waals surface area contributed by atoms with Crippen molar-refractivity contribution in [2.45, 2.75) is 63.4 Å². The molecule has 0 atom stereocenters. The van der Waals surface area contributed by atoms with E-state index in [0.29, 0.717) is 0 Å². The number of hydrogen-bond acceptors (Lipinski definition) is 1. The maximum atomic E-state index is 6.30. The molecule has 0 spiro atoms. The Hall–Kier alpha value is 0.690. The Balaban J connectivity index is 1.81. The zero-order valence-corrected chi connectivity index (χ0v) is 11.8. The van der Waals surface area contributed by atoms with Crippen LogP contribution >= 0.6 is 22.6 Å². The lowest BCUT2D eigenvalue weighted by atomic mass is 9.86. The van der Waals surface area contributed by atoms with Crippen molar-refractivity contribution in [1.82, 2.24) is 0 Å². The lowest BCUT2D eigenvalue weighted by Crippen LogP contribution is -2.36. The predicted molar refractivity (Wildman–Crippen MR) is 72.6 cm³/mol. The molecule has 0 aliphatic heterocycles. The molecule has 15 heavy (non-hydrogen) atoms. The van der Waals surface area contributed by atoms with Crippen LogP contribution in [0.4, 0.5) is 0 Å². The third-order valence-electron chi connectivity index (χ3n) is 4.11. The van der Waals surface area contributed by atoms with Gasteiger partial charge in [-0.05, 0) is 31.6 Å². The first-order chi connectivity index (χ1) is 7.35. The van der Waals surface area contributed by atoms with Gasteiger partial charge in [-0.2, -0.15) is 0 Å².